The number of terminal acetylenes is 1. The maximum Gasteiger partial charge on any atom is 0.148 e. The summed E-state index contributed by atoms with van der Waals surface area (Å²) < 4.78 is 19.1. The van der Waals surface area contributed by atoms with Crippen molar-refractivity contribution in [1.29, 1.82) is 0 Å². The second-order valence-electron chi connectivity index (χ2n) is 3.53. The fourth-order valence-electron chi connectivity index (χ4n) is 1.57. The number of halogens is 2. The molecular weight excluding hydrogens is 251 g/mol. The van der Waals surface area contributed by atoms with E-state index in [-0.39, 0.29) is 12.4 Å². The van der Waals surface area contributed by atoms with Gasteiger partial charge in [0.2, 0.25) is 0 Å². The van der Waals surface area contributed by atoms with Crippen molar-refractivity contribution < 1.29 is 9.13 Å². The molecule has 0 aliphatic carbocycles. The number of rotatable bonds is 3. The molecule has 0 fully saturated rings. The predicted molar refractivity (Wildman–Crippen MR) is 70.0 cm³/mol. The lowest BCUT2D eigenvalue weighted by atomic mass is 10.0. The fraction of sp³-hybridized carbons (Fsp3) is 0.0667. The first-order valence-electron chi connectivity index (χ1n) is 5.25. The summed E-state index contributed by atoms with van der Waals surface area (Å²) in [5.41, 5.74) is 0.944. The van der Waals surface area contributed by atoms with Gasteiger partial charge >= 0.3 is 0 Å². The standard InChI is InChI=1S/C15H9ClFO/c1-2-9-18-15-6-4-3-5-12(15)13-10-11(16)7-8-14(13)17/h1,3-5,7-8,10H,9H2. The summed E-state index contributed by atoms with van der Waals surface area (Å²) in [5, 5.41) is 0.457. The van der Waals surface area contributed by atoms with Crippen molar-refractivity contribution in [2.24, 2.45) is 0 Å². The first-order valence-corrected chi connectivity index (χ1v) is 5.62. The molecule has 2 aromatic carbocycles. The topological polar surface area (TPSA) is 9.23 Å². The van der Waals surface area contributed by atoms with Crippen molar-refractivity contribution in [3.8, 4) is 29.2 Å². The van der Waals surface area contributed by atoms with E-state index in [1.165, 1.54) is 12.1 Å². The first kappa shape index (κ1) is 12.5. The number of benzene rings is 2. The van der Waals surface area contributed by atoms with Crippen LogP contribution < -0.4 is 4.74 Å². The molecule has 0 aliphatic heterocycles. The van der Waals surface area contributed by atoms with Gasteiger partial charge in [0.15, 0.2) is 0 Å². The molecule has 0 heterocycles. The number of ether oxygens (including phenoxy) is 1. The van der Waals surface area contributed by atoms with Crippen molar-refractivity contribution in [3.63, 3.8) is 0 Å². The highest BCUT2D eigenvalue weighted by molar-refractivity contribution is 6.30. The quantitative estimate of drug-likeness (QED) is 0.758. The van der Waals surface area contributed by atoms with Gasteiger partial charge in [-0.1, -0.05) is 35.7 Å². The molecule has 0 aromatic heterocycles. The Hall–Kier alpha value is -1.98. The monoisotopic (exact) mass is 259 g/mol. The normalized spacial score (nSPS) is 9.83. The van der Waals surface area contributed by atoms with Gasteiger partial charge in [-0.3, -0.25) is 0 Å². The molecule has 1 nitrogen and oxygen atoms in total. The molecule has 0 aliphatic rings. The average molecular weight is 260 g/mol. The lowest BCUT2D eigenvalue weighted by Crippen LogP contribution is -1.96. The Morgan fingerprint density at radius 2 is 2.17 bits per heavy atom. The maximum atomic E-state index is 13.8. The van der Waals surface area contributed by atoms with Gasteiger partial charge in [0.05, 0.1) is 0 Å². The van der Waals surface area contributed by atoms with Crippen molar-refractivity contribution in [2.75, 3.05) is 6.61 Å². The van der Waals surface area contributed by atoms with Crippen LogP contribution in [0.3, 0.4) is 0 Å². The zero-order valence-electron chi connectivity index (χ0n) is 9.41. The number of para-hydroxylation sites is 1. The van der Waals surface area contributed by atoms with Gasteiger partial charge in [0.25, 0.3) is 0 Å². The van der Waals surface area contributed by atoms with E-state index in [9.17, 15) is 4.39 Å². The second kappa shape index (κ2) is 5.57. The predicted octanol–water partition coefficient (Wildman–Crippen LogP) is 3.96. The summed E-state index contributed by atoms with van der Waals surface area (Å²) in [6.07, 6.45) is 5.14. The highest BCUT2D eigenvalue weighted by Crippen LogP contribution is 2.32. The SMILES string of the molecule is C#CCOc1[c]cccc1-c1cc(Cl)ccc1F. The molecule has 1 radical (unpaired) electrons. The summed E-state index contributed by atoms with van der Waals surface area (Å²) in [5.74, 6) is 2.40. The molecule has 0 N–H and O–H groups in total. The van der Waals surface area contributed by atoms with Crippen LogP contribution >= 0.6 is 11.6 Å². The minimum atomic E-state index is -0.371. The molecule has 0 atom stereocenters. The number of hydrogen-bond donors (Lipinski definition) is 0. The number of hydrogen-bond acceptors (Lipinski definition) is 1. The van der Waals surface area contributed by atoms with Crippen molar-refractivity contribution in [3.05, 3.63) is 53.3 Å². The van der Waals surface area contributed by atoms with E-state index in [0.717, 1.165) is 0 Å². The van der Waals surface area contributed by atoms with Crippen molar-refractivity contribution in [1.82, 2.24) is 0 Å². The van der Waals surface area contributed by atoms with Gasteiger partial charge in [0.1, 0.15) is 18.2 Å². The van der Waals surface area contributed by atoms with E-state index >= 15 is 0 Å². The van der Waals surface area contributed by atoms with Crippen molar-refractivity contribution in [2.45, 2.75) is 0 Å². The first-order chi connectivity index (χ1) is 8.72. The van der Waals surface area contributed by atoms with E-state index in [0.29, 0.717) is 21.9 Å². The Labute approximate surface area is 110 Å². The average Bonchev–Trinajstić information content (AvgIpc) is 2.39. The zero-order chi connectivity index (χ0) is 13.0. The lowest BCUT2D eigenvalue weighted by Gasteiger charge is -2.10. The van der Waals surface area contributed by atoms with Gasteiger partial charge < -0.3 is 4.74 Å². The van der Waals surface area contributed by atoms with Crippen LogP contribution in [0.2, 0.25) is 5.02 Å². The Balaban J connectivity index is 2.50. The summed E-state index contributed by atoms with van der Waals surface area (Å²) in [6.45, 7) is 0.107. The molecule has 2 aromatic rings. The fourth-order valence-corrected chi connectivity index (χ4v) is 1.74. The van der Waals surface area contributed by atoms with E-state index in [2.05, 4.69) is 12.0 Å². The molecule has 0 saturated carbocycles. The third kappa shape index (κ3) is 2.64. The van der Waals surface area contributed by atoms with E-state index in [1.54, 1.807) is 24.3 Å². The van der Waals surface area contributed by atoms with Crippen LogP contribution in [0.1, 0.15) is 0 Å². The third-order valence-corrected chi connectivity index (χ3v) is 2.57. The Kier molecular flexibility index (Phi) is 3.86. The molecule has 18 heavy (non-hydrogen) atoms. The van der Waals surface area contributed by atoms with E-state index < -0.39 is 0 Å². The second-order valence-corrected chi connectivity index (χ2v) is 3.97. The Bertz CT molecular complexity index is 602. The van der Waals surface area contributed by atoms with Crippen LogP contribution in [0.25, 0.3) is 11.1 Å². The van der Waals surface area contributed by atoms with E-state index in [1.807, 2.05) is 0 Å². The molecule has 0 saturated heterocycles. The largest absolute Gasteiger partial charge is 0.480 e. The highest BCUT2D eigenvalue weighted by Gasteiger charge is 2.11. The molecule has 0 bridgehead atoms. The van der Waals surface area contributed by atoms with Crippen LogP contribution in [0.15, 0.2) is 36.4 Å². The summed E-state index contributed by atoms with van der Waals surface area (Å²) in [6, 6.07) is 12.4. The maximum absolute atomic E-state index is 13.8. The Morgan fingerprint density at radius 1 is 1.33 bits per heavy atom. The van der Waals surface area contributed by atoms with Crippen molar-refractivity contribution >= 4 is 11.6 Å². The van der Waals surface area contributed by atoms with Gasteiger partial charge in [-0.2, -0.15) is 0 Å². The molecule has 2 rings (SSSR count). The van der Waals surface area contributed by atoms with Gasteiger partial charge in [-0.15, -0.1) is 6.42 Å². The minimum Gasteiger partial charge on any atom is -0.480 e. The van der Waals surface area contributed by atoms with Crippen LogP contribution in [-0.2, 0) is 0 Å². The summed E-state index contributed by atoms with van der Waals surface area (Å²) in [4.78, 5) is 0. The van der Waals surface area contributed by atoms with Gasteiger partial charge in [-0.25, -0.2) is 4.39 Å². The highest BCUT2D eigenvalue weighted by atomic mass is 35.5. The molecule has 0 unspecified atom stereocenters. The van der Waals surface area contributed by atoms with Gasteiger partial charge in [-0.05, 0) is 18.2 Å². The molecule has 89 valence electrons. The van der Waals surface area contributed by atoms with Crippen LogP contribution in [0.4, 0.5) is 4.39 Å². The van der Waals surface area contributed by atoms with Crippen LogP contribution in [0.5, 0.6) is 5.75 Å². The lowest BCUT2D eigenvalue weighted by molar-refractivity contribution is 0.371. The van der Waals surface area contributed by atoms with Gasteiger partial charge in [0, 0.05) is 22.2 Å². The van der Waals surface area contributed by atoms with Crippen LogP contribution in [-0.4, -0.2) is 6.61 Å². The summed E-state index contributed by atoms with van der Waals surface area (Å²) in [7, 11) is 0. The minimum absolute atomic E-state index is 0.107. The molecule has 3 heteroatoms. The zero-order valence-corrected chi connectivity index (χ0v) is 10.2. The Morgan fingerprint density at radius 3 is 2.94 bits per heavy atom. The molecular formula is C15H9ClFO. The van der Waals surface area contributed by atoms with Crippen LogP contribution in [0, 0.1) is 24.2 Å². The van der Waals surface area contributed by atoms with E-state index in [4.69, 9.17) is 22.8 Å². The third-order valence-electron chi connectivity index (χ3n) is 2.34. The smallest absolute Gasteiger partial charge is 0.148 e. The molecule has 0 spiro atoms. The summed E-state index contributed by atoms with van der Waals surface area (Å²) >= 11 is 5.87. The molecule has 0 amide bonds.